The number of carbonyl (C=O) groups excluding carboxylic acids is 2. The van der Waals surface area contributed by atoms with Gasteiger partial charge in [0.1, 0.15) is 5.02 Å². The zero-order valence-electron chi connectivity index (χ0n) is 8.79. The molecule has 0 aliphatic carbocycles. The summed E-state index contributed by atoms with van der Waals surface area (Å²) in [6.45, 7) is 0. The van der Waals surface area contributed by atoms with Crippen molar-refractivity contribution in [2.24, 2.45) is 10.8 Å². The van der Waals surface area contributed by atoms with Crippen LogP contribution in [0.1, 0.15) is 5.56 Å². The van der Waals surface area contributed by atoms with Crippen LogP contribution in [-0.2, 0) is 9.59 Å². The van der Waals surface area contributed by atoms with Gasteiger partial charge in [-0.2, -0.15) is 5.10 Å². The number of hydrazone groups is 1. The summed E-state index contributed by atoms with van der Waals surface area (Å²) in [5.74, 6) is -2.27. The van der Waals surface area contributed by atoms with Crippen molar-refractivity contribution in [1.82, 2.24) is 5.43 Å². The van der Waals surface area contributed by atoms with Crippen molar-refractivity contribution in [3.8, 4) is 0 Å². The molecule has 18 heavy (non-hydrogen) atoms. The van der Waals surface area contributed by atoms with Gasteiger partial charge in [0, 0.05) is 11.6 Å². The van der Waals surface area contributed by atoms with Gasteiger partial charge in [-0.3, -0.25) is 19.7 Å². The van der Waals surface area contributed by atoms with Crippen molar-refractivity contribution in [3.63, 3.8) is 0 Å². The van der Waals surface area contributed by atoms with Gasteiger partial charge in [-0.25, -0.2) is 5.43 Å². The van der Waals surface area contributed by atoms with Crippen molar-refractivity contribution in [2.75, 3.05) is 0 Å². The minimum atomic E-state index is -1.19. The van der Waals surface area contributed by atoms with Gasteiger partial charge in [0.2, 0.25) is 0 Å². The number of nitro benzene ring substituents is 1. The summed E-state index contributed by atoms with van der Waals surface area (Å²) < 4.78 is 0. The van der Waals surface area contributed by atoms with Gasteiger partial charge in [0.25, 0.3) is 5.69 Å². The van der Waals surface area contributed by atoms with Crippen molar-refractivity contribution >= 4 is 35.3 Å². The molecule has 0 radical (unpaired) electrons. The fourth-order valence-electron chi connectivity index (χ4n) is 0.970. The molecule has 0 spiro atoms. The van der Waals surface area contributed by atoms with Crippen LogP contribution in [0, 0.1) is 10.1 Å². The summed E-state index contributed by atoms with van der Waals surface area (Å²) in [7, 11) is 0. The average Bonchev–Trinajstić information content (AvgIpc) is 2.30. The van der Waals surface area contributed by atoms with Crippen LogP contribution in [-0.4, -0.2) is 23.0 Å². The second-order valence-electron chi connectivity index (χ2n) is 3.03. The minimum absolute atomic E-state index is 0.0154. The maximum atomic E-state index is 10.7. The summed E-state index contributed by atoms with van der Waals surface area (Å²) in [5.41, 5.74) is 6.55. The zero-order chi connectivity index (χ0) is 13.7. The number of rotatable bonds is 3. The minimum Gasteiger partial charge on any atom is -0.361 e. The highest BCUT2D eigenvalue weighted by Gasteiger charge is 2.12. The Morgan fingerprint density at radius 2 is 2.17 bits per heavy atom. The van der Waals surface area contributed by atoms with Crippen LogP contribution in [0.3, 0.4) is 0 Å². The quantitative estimate of drug-likeness (QED) is 0.351. The molecule has 0 aromatic heterocycles. The molecule has 1 aromatic rings. The number of hydrogen-bond donors (Lipinski definition) is 2. The standard InChI is InChI=1S/C9H7ClN4O4/c10-6-2-1-5(3-7(6)14(17)18)4-12-13-9(16)8(11)15/h1-4H,(H2,11,15)(H,13,16)/b12-4-. The third-order valence-electron chi connectivity index (χ3n) is 1.77. The SMILES string of the molecule is NC(=O)C(=O)N/N=C\c1ccc(Cl)c([N+](=O)[O-])c1. The number of nitrogens with one attached hydrogen (secondary N) is 1. The average molecular weight is 271 g/mol. The number of nitrogens with two attached hydrogens (primary N) is 1. The lowest BCUT2D eigenvalue weighted by molar-refractivity contribution is -0.384. The Morgan fingerprint density at radius 1 is 1.50 bits per heavy atom. The van der Waals surface area contributed by atoms with E-state index in [4.69, 9.17) is 11.6 Å². The second kappa shape index (κ2) is 5.73. The van der Waals surface area contributed by atoms with E-state index in [0.717, 1.165) is 6.21 Å². The summed E-state index contributed by atoms with van der Waals surface area (Å²) in [5, 5.41) is 14.0. The van der Waals surface area contributed by atoms with E-state index in [0.29, 0.717) is 5.56 Å². The van der Waals surface area contributed by atoms with E-state index in [1.165, 1.54) is 18.2 Å². The topological polar surface area (TPSA) is 128 Å². The van der Waals surface area contributed by atoms with Crippen LogP contribution in [0.5, 0.6) is 0 Å². The number of carbonyl (C=O) groups is 2. The molecule has 0 aliphatic heterocycles. The van der Waals surface area contributed by atoms with Gasteiger partial charge in [0.05, 0.1) is 11.1 Å². The smallest absolute Gasteiger partial charge is 0.329 e. The molecule has 0 unspecified atom stereocenters. The maximum Gasteiger partial charge on any atom is 0.329 e. The van der Waals surface area contributed by atoms with E-state index >= 15 is 0 Å². The lowest BCUT2D eigenvalue weighted by atomic mass is 10.2. The van der Waals surface area contributed by atoms with E-state index < -0.39 is 16.7 Å². The van der Waals surface area contributed by atoms with Gasteiger partial charge < -0.3 is 5.73 Å². The van der Waals surface area contributed by atoms with Crippen molar-refractivity contribution in [3.05, 3.63) is 38.9 Å². The molecule has 0 aliphatic rings. The fraction of sp³-hybridized carbons (Fsp3) is 0. The van der Waals surface area contributed by atoms with E-state index in [2.05, 4.69) is 10.8 Å². The second-order valence-corrected chi connectivity index (χ2v) is 3.44. The highest BCUT2D eigenvalue weighted by molar-refractivity contribution is 6.34. The molecule has 0 saturated heterocycles. The Bertz CT molecular complexity index is 543. The van der Waals surface area contributed by atoms with Gasteiger partial charge in [-0.1, -0.05) is 17.7 Å². The number of nitrogens with zero attached hydrogens (tertiary/aromatic N) is 2. The zero-order valence-corrected chi connectivity index (χ0v) is 9.55. The highest BCUT2D eigenvalue weighted by Crippen LogP contribution is 2.24. The van der Waals surface area contributed by atoms with Crippen LogP contribution < -0.4 is 11.2 Å². The first-order chi connectivity index (χ1) is 8.41. The number of halogens is 1. The molecule has 0 saturated carbocycles. The lowest BCUT2D eigenvalue weighted by Crippen LogP contribution is -2.32. The van der Waals surface area contributed by atoms with E-state index in [9.17, 15) is 19.7 Å². The number of hydrogen-bond acceptors (Lipinski definition) is 5. The monoisotopic (exact) mass is 270 g/mol. The first-order valence-corrected chi connectivity index (χ1v) is 4.86. The Balaban J connectivity index is 2.83. The van der Waals surface area contributed by atoms with Gasteiger partial charge >= 0.3 is 11.8 Å². The fourth-order valence-corrected chi connectivity index (χ4v) is 1.16. The molecule has 0 heterocycles. The summed E-state index contributed by atoms with van der Waals surface area (Å²) >= 11 is 5.60. The predicted octanol–water partition coefficient (Wildman–Crippen LogP) is 0.184. The Labute approximate surface area is 106 Å². The molecule has 1 aromatic carbocycles. The molecule has 2 amide bonds. The molecule has 0 bridgehead atoms. The molecule has 3 N–H and O–H groups in total. The summed E-state index contributed by atoms with van der Waals surface area (Å²) in [6, 6.07) is 3.94. The molecule has 1 rings (SSSR count). The molecule has 9 heteroatoms. The van der Waals surface area contributed by atoms with Gasteiger partial charge in [0.15, 0.2) is 0 Å². The van der Waals surface area contributed by atoms with E-state index in [1.807, 2.05) is 5.43 Å². The third-order valence-corrected chi connectivity index (χ3v) is 2.09. The Hall–Kier alpha value is -2.48. The van der Waals surface area contributed by atoms with E-state index in [-0.39, 0.29) is 10.7 Å². The summed E-state index contributed by atoms with van der Waals surface area (Å²) in [6.07, 6.45) is 1.12. The number of amides is 2. The number of primary amides is 1. The van der Waals surface area contributed by atoms with Crippen LogP contribution in [0.15, 0.2) is 23.3 Å². The lowest BCUT2D eigenvalue weighted by Gasteiger charge is -1.97. The highest BCUT2D eigenvalue weighted by atomic mass is 35.5. The maximum absolute atomic E-state index is 10.7. The number of benzene rings is 1. The van der Waals surface area contributed by atoms with Crippen LogP contribution in [0.25, 0.3) is 0 Å². The van der Waals surface area contributed by atoms with Crippen LogP contribution in [0.2, 0.25) is 5.02 Å². The molecule has 94 valence electrons. The number of nitro groups is 1. The molecule has 0 fully saturated rings. The van der Waals surface area contributed by atoms with Gasteiger partial charge in [-0.15, -0.1) is 0 Å². The molecular formula is C9H7ClN4O4. The van der Waals surface area contributed by atoms with Crippen molar-refractivity contribution in [1.29, 1.82) is 0 Å². The first-order valence-electron chi connectivity index (χ1n) is 4.48. The van der Waals surface area contributed by atoms with E-state index in [1.54, 1.807) is 0 Å². The first kappa shape index (κ1) is 13.6. The Kier molecular flexibility index (Phi) is 4.33. The largest absolute Gasteiger partial charge is 0.361 e. The van der Waals surface area contributed by atoms with Crippen LogP contribution in [0.4, 0.5) is 5.69 Å². The van der Waals surface area contributed by atoms with Gasteiger partial charge in [-0.05, 0) is 6.07 Å². The normalized spacial score (nSPS) is 10.3. The summed E-state index contributed by atoms with van der Waals surface area (Å²) in [4.78, 5) is 31.0. The van der Waals surface area contributed by atoms with Crippen molar-refractivity contribution in [2.45, 2.75) is 0 Å². The molecule has 0 atom stereocenters. The van der Waals surface area contributed by atoms with Crippen LogP contribution >= 0.6 is 11.6 Å². The predicted molar refractivity (Wildman–Crippen MR) is 63.0 cm³/mol. The molecular weight excluding hydrogens is 264 g/mol. The molecule has 8 nitrogen and oxygen atoms in total. The third kappa shape index (κ3) is 3.52. The Morgan fingerprint density at radius 3 is 2.72 bits per heavy atom. The van der Waals surface area contributed by atoms with Crippen molar-refractivity contribution < 1.29 is 14.5 Å².